The molecule has 0 aliphatic carbocycles. The molecule has 0 saturated carbocycles. The Labute approximate surface area is 126 Å². The summed E-state index contributed by atoms with van der Waals surface area (Å²) in [7, 11) is 0. The van der Waals surface area contributed by atoms with Crippen LogP contribution in [0.25, 0.3) is 0 Å². The molecular weight excluding hydrogens is 292 g/mol. The van der Waals surface area contributed by atoms with Crippen molar-refractivity contribution in [2.45, 2.75) is 0 Å². The molecule has 0 N–H and O–H groups in total. The molecule has 0 unspecified atom stereocenters. The quantitative estimate of drug-likeness (QED) is 0.855. The fraction of sp³-hybridized carbons (Fsp3) is 0.286. The Balaban J connectivity index is 1.75. The molecule has 6 heteroatoms. The summed E-state index contributed by atoms with van der Waals surface area (Å²) in [5, 5.41) is 12.9. The third-order valence-electron chi connectivity index (χ3n) is 3.39. The van der Waals surface area contributed by atoms with E-state index in [2.05, 4.69) is 20.9 Å². The minimum atomic E-state index is 0.668. The molecule has 4 nitrogen and oxygen atoms in total. The Morgan fingerprint density at radius 2 is 1.95 bits per heavy atom. The summed E-state index contributed by atoms with van der Waals surface area (Å²) in [5.41, 5.74) is 1.61. The van der Waals surface area contributed by atoms with Gasteiger partial charge in [-0.1, -0.05) is 11.6 Å². The van der Waals surface area contributed by atoms with Crippen molar-refractivity contribution in [3.63, 3.8) is 0 Å². The van der Waals surface area contributed by atoms with E-state index in [0.29, 0.717) is 10.6 Å². The van der Waals surface area contributed by atoms with Crippen molar-refractivity contribution in [1.29, 1.82) is 5.26 Å². The van der Waals surface area contributed by atoms with E-state index in [9.17, 15) is 5.26 Å². The van der Waals surface area contributed by atoms with Gasteiger partial charge in [-0.05, 0) is 18.2 Å². The average molecular weight is 305 g/mol. The molecule has 1 aromatic carbocycles. The Morgan fingerprint density at radius 3 is 2.60 bits per heavy atom. The number of aromatic nitrogens is 1. The topological polar surface area (TPSA) is 43.2 Å². The second kappa shape index (κ2) is 5.70. The zero-order valence-electron chi connectivity index (χ0n) is 10.8. The van der Waals surface area contributed by atoms with Crippen LogP contribution < -0.4 is 9.80 Å². The number of hydrogen-bond acceptors (Lipinski definition) is 5. The minimum absolute atomic E-state index is 0.668. The minimum Gasteiger partial charge on any atom is -0.367 e. The maximum absolute atomic E-state index is 9.20. The van der Waals surface area contributed by atoms with Crippen molar-refractivity contribution in [3.8, 4) is 6.07 Å². The van der Waals surface area contributed by atoms with Crippen LogP contribution in [0, 0.1) is 11.3 Å². The molecule has 1 aliphatic rings. The van der Waals surface area contributed by atoms with Crippen molar-refractivity contribution >= 4 is 33.8 Å². The molecule has 0 atom stereocenters. The molecule has 0 bridgehead atoms. The molecule has 0 amide bonds. The highest BCUT2D eigenvalue weighted by atomic mass is 35.5. The van der Waals surface area contributed by atoms with Crippen molar-refractivity contribution in [2.24, 2.45) is 0 Å². The van der Waals surface area contributed by atoms with Gasteiger partial charge in [-0.3, -0.25) is 0 Å². The van der Waals surface area contributed by atoms with Gasteiger partial charge in [-0.25, -0.2) is 4.98 Å². The van der Waals surface area contributed by atoms with Gasteiger partial charge in [-0.15, -0.1) is 11.3 Å². The first-order valence-electron chi connectivity index (χ1n) is 6.37. The number of nitriles is 1. The predicted molar refractivity (Wildman–Crippen MR) is 82.7 cm³/mol. The van der Waals surface area contributed by atoms with Crippen molar-refractivity contribution in [1.82, 2.24) is 4.98 Å². The first-order valence-corrected chi connectivity index (χ1v) is 7.63. The lowest BCUT2D eigenvalue weighted by molar-refractivity contribution is 0.651. The van der Waals surface area contributed by atoms with Crippen LogP contribution in [-0.4, -0.2) is 31.2 Å². The summed E-state index contributed by atoms with van der Waals surface area (Å²) in [6.45, 7) is 3.55. The maximum Gasteiger partial charge on any atom is 0.185 e. The average Bonchev–Trinajstić information content (AvgIpc) is 3.02. The van der Waals surface area contributed by atoms with Crippen molar-refractivity contribution in [2.75, 3.05) is 36.0 Å². The van der Waals surface area contributed by atoms with Gasteiger partial charge in [-0.2, -0.15) is 5.26 Å². The summed E-state index contributed by atoms with van der Waals surface area (Å²) in [6.07, 6.45) is 1.83. The van der Waals surface area contributed by atoms with Crippen molar-refractivity contribution in [3.05, 3.63) is 40.4 Å². The third kappa shape index (κ3) is 2.58. The SMILES string of the molecule is N#Cc1ccc(Cl)cc1N1CCN(c2nccs2)CC1. The monoisotopic (exact) mass is 304 g/mol. The van der Waals surface area contributed by atoms with Crippen LogP contribution in [0.5, 0.6) is 0 Å². The van der Waals surface area contributed by atoms with Gasteiger partial charge in [0, 0.05) is 42.8 Å². The predicted octanol–water partition coefficient (Wildman–Crippen LogP) is 2.99. The van der Waals surface area contributed by atoms with Gasteiger partial charge in [0.05, 0.1) is 11.3 Å². The maximum atomic E-state index is 9.20. The highest BCUT2D eigenvalue weighted by molar-refractivity contribution is 7.13. The Bertz CT molecular complexity index is 627. The van der Waals surface area contributed by atoms with Gasteiger partial charge in [0.15, 0.2) is 5.13 Å². The summed E-state index contributed by atoms with van der Waals surface area (Å²) in [5.74, 6) is 0. The van der Waals surface area contributed by atoms with Crippen LogP contribution in [-0.2, 0) is 0 Å². The molecule has 0 radical (unpaired) electrons. The lowest BCUT2D eigenvalue weighted by Gasteiger charge is -2.36. The van der Waals surface area contributed by atoms with E-state index in [1.54, 1.807) is 23.5 Å². The molecule has 3 rings (SSSR count). The van der Waals surface area contributed by atoms with Crippen LogP contribution in [0.1, 0.15) is 5.56 Å². The first kappa shape index (κ1) is 13.2. The van der Waals surface area contributed by atoms with Crippen LogP contribution in [0.15, 0.2) is 29.8 Å². The molecule has 2 heterocycles. The zero-order chi connectivity index (χ0) is 13.9. The van der Waals surface area contributed by atoms with E-state index in [4.69, 9.17) is 11.6 Å². The zero-order valence-corrected chi connectivity index (χ0v) is 12.4. The van der Waals surface area contributed by atoms with E-state index in [0.717, 1.165) is 37.0 Å². The van der Waals surface area contributed by atoms with E-state index in [-0.39, 0.29) is 0 Å². The van der Waals surface area contributed by atoms with Gasteiger partial charge in [0.25, 0.3) is 0 Å². The molecule has 102 valence electrons. The summed E-state index contributed by atoms with van der Waals surface area (Å²) in [6, 6.07) is 7.65. The largest absolute Gasteiger partial charge is 0.367 e. The molecule has 2 aromatic rings. The number of anilines is 2. The first-order chi connectivity index (χ1) is 9.78. The van der Waals surface area contributed by atoms with E-state index in [1.165, 1.54) is 0 Å². The lowest BCUT2D eigenvalue weighted by Crippen LogP contribution is -2.46. The molecule has 1 saturated heterocycles. The van der Waals surface area contributed by atoms with Crippen LogP contribution in [0.3, 0.4) is 0 Å². The number of hydrogen-bond donors (Lipinski definition) is 0. The van der Waals surface area contributed by atoms with Gasteiger partial charge in [0.1, 0.15) is 6.07 Å². The standard InChI is InChI=1S/C14H13ClN4S/c15-12-2-1-11(10-16)13(9-12)18-4-6-19(7-5-18)14-17-3-8-20-14/h1-3,8-9H,4-7H2. The molecule has 20 heavy (non-hydrogen) atoms. The van der Waals surface area contributed by atoms with E-state index >= 15 is 0 Å². The third-order valence-corrected chi connectivity index (χ3v) is 4.46. The summed E-state index contributed by atoms with van der Waals surface area (Å²) < 4.78 is 0. The number of rotatable bonds is 2. The fourth-order valence-electron chi connectivity index (χ4n) is 2.37. The van der Waals surface area contributed by atoms with Crippen molar-refractivity contribution < 1.29 is 0 Å². The molecular formula is C14H13ClN4S. The number of halogens is 1. The van der Waals surface area contributed by atoms with Gasteiger partial charge in [0.2, 0.25) is 0 Å². The number of piperazine rings is 1. The summed E-state index contributed by atoms with van der Waals surface area (Å²) in [4.78, 5) is 8.83. The van der Waals surface area contributed by atoms with Crippen LogP contribution in [0.2, 0.25) is 5.02 Å². The Hall–Kier alpha value is -1.77. The Morgan fingerprint density at radius 1 is 1.20 bits per heavy atom. The van der Waals surface area contributed by atoms with Crippen LogP contribution >= 0.6 is 22.9 Å². The van der Waals surface area contributed by atoms with Crippen LogP contribution in [0.4, 0.5) is 10.8 Å². The number of benzene rings is 1. The van der Waals surface area contributed by atoms with Gasteiger partial charge < -0.3 is 9.80 Å². The van der Waals surface area contributed by atoms with E-state index in [1.807, 2.05) is 17.6 Å². The fourth-order valence-corrected chi connectivity index (χ4v) is 3.23. The molecule has 0 spiro atoms. The normalized spacial score (nSPS) is 15.2. The molecule has 1 fully saturated rings. The Kier molecular flexibility index (Phi) is 3.77. The number of nitrogens with zero attached hydrogens (tertiary/aromatic N) is 4. The highest BCUT2D eigenvalue weighted by Gasteiger charge is 2.20. The second-order valence-electron chi connectivity index (χ2n) is 4.56. The smallest absolute Gasteiger partial charge is 0.185 e. The second-order valence-corrected chi connectivity index (χ2v) is 5.87. The molecule has 1 aromatic heterocycles. The van der Waals surface area contributed by atoms with E-state index < -0.39 is 0 Å². The molecule has 1 aliphatic heterocycles. The lowest BCUT2D eigenvalue weighted by atomic mass is 10.1. The summed E-state index contributed by atoms with van der Waals surface area (Å²) >= 11 is 7.71. The highest BCUT2D eigenvalue weighted by Crippen LogP contribution is 2.27. The van der Waals surface area contributed by atoms with Gasteiger partial charge >= 0.3 is 0 Å². The number of thiazole rings is 1.